The van der Waals surface area contributed by atoms with E-state index in [1.54, 1.807) is 0 Å². The van der Waals surface area contributed by atoms with Crippen molar-refractivity contribution in [3.63, 3.8) is 0 Å². The molecular formula is C16H27NO2. The molecular weight excluding hydrogens is 238 g/mol. The van der Waals surface area contributed by atoms with Crippen molar-refractivity contribution in [3.05, 3.63) is 29.8 Å². The molecule has 0 spiro atoms. The molecule has 1 unspecified atom stereocenters. The standard InChI is InChI=1S/C16H27NO2/c1-5-9-17-16(4,11-18)12-19-15-8-6-7-14(10-15)13(2)3/h6-8,10,13,17-18H,5,9,11-12H2,1-4H3. The lowest BCUT2D eigenvalue weighted by Crippen LogP contribution is -2.50. The van der Waals surface area contributed by atoms with Crippen molar-refractivity contribution in [2.24, 2.45) is 0 Å². The average Bonchev–Trinajstić information content (AvgIpc) is 2.43. The van der Waals surface area contributed by atoms with E-state index >= 15 is 0 Å². The number of nitrogens with one attached hydrogen (secondary N) is 1. The summed E-state index contributed by atoms with van der Waals surface area (Å²) in [5.41, 5.74) is 0.883. The van der Waals surface area contributed by atoms with Crippen molar-refractivity contribution in [2.45, 2.75) is 45.6 Å². The van der Waals surface area contributed by atoms with Crippen LogP contribution in [0.1, 0.15) is 45.6 Å². The summed E-state index contributed by atoms with van der Waals surface area (Å²) in [6, 6.07) is 8.16. The van der Waals surface area contributed by atoms with Crippen molar-refractivity contribution < 1.29 is 9.84 Å². The van der Waals surface area contributed by atoms with Crippen LogP contribution in [0.3, 0.4) is 0 Å². The molecule has 1 aromatic rings. The molecule has 0 saturated carbocycles. The van der Waals surface area contributed by atoms with Gasteiger partial charge in [-0.25, -0.2) is 0 Å². The molecule has 108 valence electrons. The first-order chi connectivity index (χ1) is 9.00. The third-order valence-corrected chi connectivity index (χ3v) is 3.23. The van der Waals surface area contributed by atoms with E-state index in [0.717, 1.165) is 18.7 Å². The maximum absolute atomic E-state index is 9.49. The molecule has 0 aliphatic carbocycles. The van der Waals surface area contributed by atoms with Crippen LogP contribution in [0.5, 0.6) is 5.75 Å². The molecule has 1 rings (SSSR count). The van der Waals surface area contributed by atoms with Crippen LogP contribution >= 0.6 is 0 Å². The number of aliphatic hydroxyl groups is 1. The van der Waals surface area contributed by atoms with Crippen LogP contribution in [-0.2, 0) is 0 Å². The summed E-state index contributed by atoms with van der Waals surface area (Å²) in [5.74, 6) is 1.36. The van der Waals surface area contributed by atoms with E-state index in [-0.39, 0.29) is 12.1 Å². The van der Waals surface area contributed by atoms with Gasteiger partial charge < -0.3 is 15.2 Å². The Morgan fingerprint density at radius 3 is 2.68 bits per heavy atom. The van der Waals surface area contributed by atoms with Crippen molar-refractivity contribution in [1.82, 2.24) is 5.32 Å². The zero-order valence-electron chi connectivity index (χ0n) is 12.6. The second-order valence-electron chi connectivity index (χ2n) is 5.66. The maximum atomic E-state index is 9.49. The van der Waals surface area contributed by atoms with E-state index in [1.165, 1.54) is 5.56 Å². The molecule has 2 N–H and O–H groups in total. The maximum Gasteiger partial charge on any atom is 0.119 e. The zero-order valence-corrected chi connectivity index (χ0v) is 12.6. The summed E-state index contributed by atoms with van der Waals surface area (Å²) >= 11 is 0. The van der Waals surface area contributed by atoms with Gasteiger partial charge in [-0.05, 0) is 43.5 Å². The van der Waals surface area contributed by atoms with Crippen LogP contribution in [0, 0.1) is 0 Å². The summed E-state index contributed by atoms with van der Waals surface area (Å²) in [5, 5.41) is 12.8. The molecule has 0 aliphatic rings. The quantitative estimate of drug-likeness (QED) is 0.759. The largest absolute Gasteiger partial charge is 0.492 e. The van der Waals surface area contributed by atoms with Gasteiger partial charge in [0.15, 0.2) is 0 Å². The second-order valence-corrected chi connectivity index (χ2v) is 5.66. The normalized spacial score (nSPS) is 14.4. The van der Waals surface area contributed by atoms with E-state index < -0.39 is 0 Å². The molecule has 3 heteroatoms. The molecule has 19 heavy (non-hydrogen) atoms. The van der Waals surface area contributed by atoms with Crippen molar-refractivity contribution in [1.29, 1.82) is 0 Å². The molecule has 0 radical (unpaired) electrons. The average molecular weight is 265 g/mol. The van der Waals surface area contributed by atoms with Gasteiger partial charge in [0, 0.05) is 0 Å². The highest BCUT2D eigenvalue weighted by atomic mass is 16.5. The second kappa shape index (κ2) is 7.51. The Labute approximate surface area is 117 Å². The fourth-order valence-electron chi connectivity index (χ4n) is 1.79. The molecule has 0 fully saturated rings. The first-order valence-electron chi connectivity index (χ1n) is 7.09. The lowest BCUT2D eigenvalue weighted by molar-refractivity contribution is 0.116. The minimum atomic E-state index is -0.385. The van der Waals surface area contributed by atoms with E-state index in [0.29, 0.717) is 12.5 Å². The van der Waals surface area contributed by atoms with Gasteiger partial charge in [-0.15, -0.1) is 0 Å². The van der Waals surface area contributed by atoms with Crippen LogP contribution < -0.4 is 10.1 Å². The van der Waals surface area contributed by atoms with Crippen molar-refractivity contribution >= 4 is 0 Å². The van der Waals surface area contributed by atoms with Crippen LogP contribution in [-0.4, -0.2) is 30.4 Å². The molecule has 0 aliphatic heterocycles. The van der Waals surface area contributed by atoms with Gasteiger partial charge >= 0.3 is 0 Å². The summed E-state index contributed by atoms with van der Waals surface area (Å²) in [6.45, 7) is 9.83. The summed E-state index contributed by atoms with van der Waals surface area (Å²) < 4.78 is 5.83. The summed E-state index contributed by atoms with van der Waals surface area (Å²) in [7, 11) is 0. The smallest absolute Gasteiger partial charge is 0.119 e. The van der Waals surface area contributed by atoms with E-state index in [1.807, 2.05) is 19.1 Å². The van der Waals surface area contributed by atoms with Gasteiger partial charge in [-0.3, -0.25) is 0 Å². The topological polar surface area (TPSA) is 41.5 Å². The molecule has 0 heterocycles. The van der Waals surface area contributed by atoms with Crippen LogP contribution in [0.4, 0.5) is 0 Å². The third-order valence-electron chi connectivity index (χ3n) is 3.23. The number of benzene rings is 1. The van der Waals surface area contributed by atoms with Gasteiger partial charge in [0.1, 0.15) is 12.4 Å². The molecule has 1 aromatic carbocycles. The van der Waals surface area contributed by atoms with Crippen molar-refractivity contribution in [2.75, 3.05) is 19.8 Å². The van der Waals surface area contributed by atoms with E-state index in [4.69, 9.17) is 4.74 Å². The number of hydrogen-bond acceptors (Lipinski definition) is 3. The highest BCUT2D eigenvalue weighted by Crippen LogP contribution is 2.21. The Kier molecular flexibility index (Phi) is 6.32. The number of rotatable bonds is 8. The lowest BCUT2D eigenvalue weighted by Gasteiger charge is -2.28. The third kappa shape index (κ3) is 5.21. The Morgan fingerprint density at radius 1 is 1.37 bits per heavy atom. The first kappa shape index (κ1) is 16.0. The molecule has 0 aromatic heterocycles. The fraction of sp³-hybridized carbons (Fsp3) is 0.625. The van der Waals surface area contributed by atoms with Gasteiger partial charge in [0.25, 0.3) is 0 Å². The number of aliphatic hydroxyl groups excluding tert-OH is 1. The monoisotopic (exact) mass is 265 g/mol. The minimum absolute atomic E-state index is 0.0663. The van der Waals surface area contributed by atoms with Gasteiger partial charge in [-0.2, -0.15) is 0 Å². The predicted molar refractivity (Wildman–Crippen MR) is 79.8 cm³/mol. The molecule has 0 saturated heterocycles. The van der Waals surface area contributed by atoms with E-state index in [9.17, 15) is 5.11 Å². The summed E-state index contributed by atoms with van der Waals surface area (Å²) in [4.78, 5) is 0. The first-order valence-corrected chi connectivity index (χ1v) is 7.09. The van der Waals surface area contributed by atoms with Crippen LogP contribution in [0.25, 0.3) is 0 Å². The Hall–Kier alpha value is -1.06. The molecule has 3 nitrogen and oxygen atoms in total. The Morgan fingerprint density at radius 2 is 2.11 bits per heavy atom. The molecule has 1 atom stereocenters. The van der Waals surface area contributed by atoms with Gasteiger partial charge in [0.05, 0.1) is 12.1 Å². The lowest BCUT2D eigenvalue weighted by atomic mass is 10.0. The van der Waals surface area contributed by atoms with Crippen LogP contribution in [0.2, 0.25) is 0 Å². The number of hydrogen-bond donors (Lipinski definition) is 2. The molecule has 0 bridgehead atoms. The zero-order chi connectivity index (χ0) is 14.3. The Balaban J connectivity index is 2.61. The predicted octanol–water partition coefficient (Wildman–Crippen LogP) is 2.94. The van der Waals surface area contributed by atoms with Gasteiger partial charge in [-0.1, -0.05) is 32.9 Å². The Bertz CT molecular complexity index is 379. The molecule has 0 amide bonds. The SMILES string of the molecule is CCCNC(C)(CO)COc1cccc(C(C)C)c1. The van der Waals surface area contributed by atoms with Crippen molar-refractivity contribution in [3.8, 4) is 5.75 Å². The van der Waals surface area contributed by atoms with Gasteiger partial charge in [0.2, 0.25) is 0 Å². The highest BCUT2D eigenvalue weighted by molar-refractivity contribution is 5.30. The fourth-order valence-corrected chi connectivity index (χ4v) is 1.79. The minimum Gasteiger partial charge on any atom is -0.492 e. The highest BCUT2D eigenvalue weighted by Gasteiger charge is 2.23. The summed E-state index contributed by atoms with van der Waals surface area (Å²) in [6.07, 6.45) is 1.04. The van der Waals surface area contributed by atoms with Crippen LogP contribution in [0.15, 0.2) is 24.3 Å². The number of ether oxygens (including phenoxy) is 1. The van der Waals surface area contributed by atoms with E-state index in [2.05, 4.69) is 38.2 Å².